The zero-order valence-corrected chi connectivity index (χ0v) is 11.1. The molecule has 0 spiro atoms. The average molecular weight is 278 g/mol. The highest BCUT2D eigenvalue weighted by Gasteiger charge is 2.37. The van der Waals surface area contributed by atoms with Crippen molar-refractivity contribution >= 4 is 17.6 Å². The Morgan fingerprint density at radius 3 is 2.55 bits per heavy atom. The SMILES string of the molecule is NCC1(CC(=O)Nc2cc(C(=O)O)ccc2O)CCC1. The van der Waals surface area contributed by atoms with Crippen molar-refractivity contribution in [3.05, 3.63) is 23.8 Å². The lowest BCUT2D eigenvalue weighted by molar-refractivity contribution is -0.119. The molecular formula is C14H18N2O4. The number of anilines is 1. The third-order valence-corrected chi connectivity index (χ3v) is 3.90. The maximum absolute atomic E-state index is 12.0. The topological polar surface area (TPSA) is 113 Å². The molecule has 0 heterocycles. The van der Waals surface area contributed by atoms with Gasteiger partial charge in [0.05, 0.1) is 11.3 Å². The second-order valence-electron chi connectivity index (χ2n) is 5.32. The Labute approximate surface area is 116 Å². The summed E-state index contributed by atoms with van der Waals surface area (Å²) in [6.45, 7) is 0.460. The molecule has 0 aliphatic heterocycles. The van der Waals surface area contributed by atoms with E-state index < -0.39 is 5.97 Å². The van der Waals surface area contributed by atoms with Crippen LogP contribution < -0.4 is 11.1 Å². The molecule has 6 heteroatoms. The molecule has 6 nitrogen and oxygen atoms in total. The zero-order valence-electron chi connectivity index (χ0n) is 11.1. The van der Waals surface area contributed by atoms with Crippen molar-refractivity contribution in [2.45, 2.75) is 25.7 Å². The van der Waals surface area contributed by atoms with Crippen molar-refractivity contribution < 1.29 is 19.8 Å². The number of rotatable bonds is 5. The van der Waals surface area contributed by atoms with Crippen LogP contribution in [-0.4, -0.2) is 28.6 Å². The summed E-state index contributed by atoms with van der Waals surface area (Å²) in [5.74, 6) is -1.52. The Hall–Kier alpha value is -2.08. The molecule has 1 aliphatic rings. The quantitative estimate of drug-likeness (QED) is 0.610. The highest BCUT2D eigenvalue weighted by atomic mass is 16.4. The van der Waals surface area contributed by atoms with Gasteiger partial charge in [-0.3, -0.25) is 4.79 Å². The Kier molecular flexibility index (Phi) is 3.94. The number of nitrogens with two attached hydrogens (primary N) is 1. The molecule has 5 N–H and O–H groups in total. The molecular weight excluding hydrogens is 260 g/mol. The van der Waals surface area contributed by atoms with Crippen LogP contribution in [0, 0.1) is 5.41 Å². The number of benzene rings is 1. The van der Waals surface area contributed by atoms with Crippen molar-refractivity contribution in [1.29, 1.82) is 0 Å². The molecule has 20 heavy (non-hydrogen) atoms. The first kappa shape index (κ1) is 14.3. The Morgan fingerprint density at radius 2 is 2.05 bits per heavy atom. The van der Waals surface area contributed by atoms with Crippen LogP contribution in [0.5, 0.6) is 5.75 Å². The number of carbonyl (C=O) groups is 2. The molecule has 1 saturated carbocycles. The first-order valence-electron chi connectivity index (χ1n) is 6.52. The molecule has 1 aliphatic carbocycles. The third kappa shape index (κ3) is 2.91. The van der Waals surface area contributed by atoms with Crippen LogP contribution in [0.25, 0.3) is 0 Å². The molecule has 1 aromatic carbocycles. The summed E-state index contributed by atoms with van der Waals surface area (Å²) in [5, 5.41) is 21.1. The van der Waals surface area contributed by atoms with Crippen LogP contribution in [0.2, 0.25) is 0 Å². The van der Waals surface area contributed by atoms with E-state index in [0.29, 0.717) is 13.0 Å². The number of aromatic hydroxyl groups is 1. The van der Waals surface area contributed by atoms with Crippen LogP contribution in [-0.2, 0) is 4.79 Å². The van der Waals surface area contributed by atoms with E-state index in [4.69, 9.17) is 10.8 Å². The van der Waals surface area contributed by atoms with Gasteiger partial charge < -0.3 is 21.3 Å². The fourth-order valence-corrected chi connectivity index (χ4v) is 2.43. The van der Waals surface area contributed by atoms with E-state index in [9.17, 15) is 14.7 Å². The number of aromatic carboxylic acids is 1. The van der Waals surface area contributed by atoms with Crippen molar-refractivity contribution in [3.63, 3.8) is 0 Å². The van der Waals surface area contributed by atoms with Gasteiger partial charge in [-0.25, -0.2) is 4.79 Å². The van der Waals surface area contributed by atoms with Gasteiger partial charge >= 0.3 is 5.97 Å². The van der Waals surface area contributed by atoms with Gasteiger partial charge in [0.1, 0.15) is 5.75 Å². The number of phenolic OH excluding ortho intramolecular Hbond substituents is 1. The van der Waals surface area contributed by atoms with Gasteiger partial charge in [0.15, 0.2) is 0 Å². The van der Waals surface area contributed by atoms with Gasteiger partial charge in [0.25, 0.3) is 0 Å². The minimum absolute atomic E-state index is 0.00952. The Bertz CT molecular complexity index is 532. The number of carboxylic acid groups (broad SMARTS) is 1. The first-order valence-corrected chi connectivity index (χ1v) is 6.52. The third-order valence-electron chi connectivity index (χ3n) is 3.90. The predicted octanol–water partition coefficient (Wildman–Crippen LogP) is 1.55. The fourth-order valence-electron chi connectivity index (χ4n) is 2.43. The van der Waals surface area contributed by atoms with Crippen LogP contribution in [0.3, 0.4) is 0 Å². The van der Waals surface area contributed by atoms with Gasteiger partial charge in [-0.1, -0.05) is 6.42 Å². The number of nitrogens with one attached hydrogen (secondary N) is 1. The molecule has 0 saturated heterocycles. The molecule has 0 radical (unpaired) electrons. The number of carboxylic acids is 1. The number of carbonyl (C=O) groups excluding carboxylic acids is 1. The zero-order chi connectivity index (χ0) is 14.8. The smallest absolute Gasteiger partial charge is 0.335 e. The lowest BCUT2D eigenvalue weighted by Crippen LogP contribution is -2.40. The number of amides is 1. The molecule has 0 atom stereocenters. The van der Waals surface area contributed by atoms with E-state index >= 15 is 0 Å². The van der Waals surface area contributed by atoms with E-state index in [1.54, 1.807) is 0 Å². The second-order valence-corrected chi connectivity index (χ2v) is 5.32. The van der Waals surface area contributed by atoms with Gasteiger partial charge in [-0.2, -0.15) is 0 Å². The molecule has 0 bridgehead atoms. The van der Waals surface area contributed by atoms with Crippen molar-refractivity contribution in [1.82, 2.24) is 0 Å². The fraction of sp³-hybridized carbons (Fsp3) is 0.429. The molecule has 1 amide bonds. The second kappa shape index (κ2) is 5.50. The highest BCUT2D eigenvalue weighted by Crippen LogP contribution is 2.43. The lowest BCUT2D eigenvalue weighted by Gasteiger charge is -2.40. The minimum Gasteiger partial charge on any atom is -0.506 e. The predicted molar refractivity (Wildman–Crippen MR) is 73.7 cm³/mol. The number of hydrogen-bond donors (Lipinski definition) is 4. The summed E-state index contributed by atoms with van der Waals surface area (Å²) < 4.78 is 0. The average Bonchev–Trinajstić information content (AvgIpc) is 2.36. The van der Waals surface area contributed by atoms with Crippen LogP contribution in [0.1, 0.15) is 36.0 Å². The van der Waals surface area contributed by atoms with E-state index in [-0.39, 0.29) is 28.3 Å². The minimum atomic E-state index is -1.11. The summed E-state index contributed by atoms with van der Waals surface area (Å²) in [6, 6.07) is 3.77. The normalized spacial score (nSPS) is 16.2. The lowest BCUT2D eigenvalue weighted by atomic mass is 9.66. The van der Waals surface area contributed by atoms with Crippen LogP contribution in [0.4, 0.5) is 5.69 Å². The summed E-state index contributed by atoms with van der Waals surface area (Å²) in [7, 11) is 0. The maximum Gasteiger partial charge on any atom is 0.335 e. The van der Waals surface area contributed by atoms with Gasteiger partial charge in [0, 0.05) is 6.42 Å². The monoisotopic (exact) mass is 278 g/mol. The van der Waals surface area contributed by atoms with Crippen molar-refractivity contribution in [2.75, 3.05) is 11.9 Å². The number of phenols is 1. The summed E-state index contributed by atoms with van der Waals surface area (Å²) in [5.41, 5.74) is 5.68. The molecule has 1 aromatic rings. The van der Waals surface area contributed by atoms with Crippen LogP contribution in [0.15, 0.2) is 18.2 Å². The van der Waals surface area contributed by atoms with Gasteiger partial charge in [-0.15, -0.1) is 0 Å². The molecule has 1 fully saturated rings. The molecule has 0 unspecified atom stereocenters. The molecule has 108 valence electrons. The van der Waals surface area contributed by atoms with Crippen LogP contribution >= 0.6 is 0 Å². The van der Waals surface area contributed by atoms with E-state index in [0.717, 1.165) is 19.3 Å². The summed E-state index contributed by atoms with van der Waals surface area (Å²) in [6.07, 6.45) is 3.22. The van der Waals surface area contributed by atoms with Crippen molar-refractivity contribution in [2.24, 2.45) is 11.1 Å². The number of hydrogen-bond acceptors (Lipinski definition) is 4. The van der Waals surface area contributed by atoms with Gasteiger partial charge in [0.2, 0.25) is 5.91 Å². The van der Waals surface area contributed by atoms with Gasteiger partial charge in [-0.05, 0) is 43.0 Å². The largest absolute Gasteiger partial charge is 0.506 e. The van der Waals surface area contributed by atoms with E-state index in [2.05, 4.69) is 5.32 Å². The Morgan fingerprint density at radius 1 is 1.35 bits per heavy atom. The summed E-state index contributed by atoms with van der Waals surface area (Å²) in [4.78, 5) is 22.9. The van der Waals surface area contributed by atoms with E-state index in [1.165, 1.54) is 18.2 Å². The molecule has 0 aromatic heterocycles. The Balaban J connectivity index is 2.07. The molecule has 2 rings (SSSR count). The van der Waals surface area contributed by atoms with Crippen molar-refractivity contribution in [3.8, 4) is 5.75 Å². The summed E-state index contributed by atoms with van der Waals surface area (Å²) >= 11 is 0. The van der Waals surface area contributed by atoms with E-state index in [1.807, 2.05) is 0 Å². The maximum atomic E-state index is 12.0. The highest BCUT2D eigenvalue weighted by molar-refractivity contribution is 5.95. The first-order chi connectivity index (χ1) is 9.46. The standard InChI is InChI=1S/C14H18N2O4/c15-8-14(4-1-5-14)7-12(18)16-10-6-9(13(19)20)2-3-11(10)17/h2-3,6,17H,1,4-5,7-8,15H2,(H,16,18)(H,19,20).